The topological polar surface area (TPSA) is 166 Å². The molecule has 2 saturated carbocycles. The minimum Gasteiger partial charge on any atom is -0.497 e. The molecule has 2 unspecified atom stereocenters. The number of alkyl carbamates (subject to hydrolysis) is 1. The number of fused-ring (bicyclic) bond motifs is 1. The van der Waals surface area contributed by atoms with Crippen LogP contribution < -0.4 is 20.1 Å². The highest BCUT2D eigenvalue weighted by molar-refractivity contribution is 7.55. The van der Waals surface area contributed by atoms with E-state index in [9.17, 15) is 23.8 Å². The molecule has 0 bridgehead atoms. The highest BCUT2D eigenvalue weighted by Crippen LogP contribution is 2.70. The van der Waals surface area contributed by atoms with Crippen molar-refractivity contribution >= 4 is 36.4 Å². The van der Waals surface area contributed by atoms with Crippen molar-refractivity contribution in [2.24, 2.45) is 11.3 Å². The molecule has 3 fully saturated rings. The van der Waals surface area contributed by atoms with Crippen molar-refractivity contribution in [3.8, 4) is 22.8 Å². The number of benzene rings is 2. The van der Waals surface area contributed by atoms with Crippen molar-refractivity contribution < 1.29 is 42.6 Å². The molecule has 1 aromatic heterocycles. The lowest BCUT2D eigenvalue weighted by molar-refractivity contribution is -0.142. The molecule has 0 radical (unpaired) electrons. The van der Waals surface area contributed by atoms with Crippen LogP contribution in [-0.4, -0.2) is 82.5 Å². The molecule has 1 saturated heterocycles. The van der Waals surface area contributed by atoms with E-state index < -0.39 is 60.3 Å². The van der Waals surface area contributed by atoms with Gasteiger partial charge in [-0.3, -0.25) is 14.2 Å². The lowest BCUT2D eigenvalue weighted by Crippen LogP contribution is -2.58. The van der Waals surface area contributed by atoms with E-state index in [-0.39, 0.29) is 32.1 Å². The monoisotopic (exact) mass is 762 g/mol. The van der Waals surface area contributed by atoms with Crippen LogP contribution in [0.3, 0.4) is 0 Å². The first-order valence-corrected chi connectivity index (χ1v) is 20.2. The Morgan fingerprint density at radius 2 is 1.83 bits per heavy atom. The molecule has 290 valence electrons. The van der Waals surface area contributed by atoms with Gasteiger partial charge in [0.25, 0.3) is 0 Å². The Labute approximate surface area is 316 Å². The van der Waals surface area contributed by atoms with Crippen LogP contribution in [0.4, 0.5) is 4.79 Å². The number of nitrogens with one attached hydrogen (secondary N) is 2. The summed E-state index contributed by atoms with van der Waals surface area (Å²) in [6.45, 7) is 10.8. The van der Waals surface area contributed by atoms with Gasteiger partial charge in [-0.1, -0.05) is 57.2 Å². The van der Waals surface area contributed by atoms with E-state index in [0.717, 1.165) is 31.2 Å². The normalized spacial score (nSPS) is 24.3. The van der Waals surface area contributed by atoms with Gasteiger partial charge in [0, 0.05) is 35.4 Å². The van der Waals surface area contributed by atoms with E-state index in [2.05, 4.69) is 17.2 Å². The summed E-state index contributed by atoms with van der Waals surface area (Å²) in [7, 11) is -2.76. The second-order valence-corrected chi connectivity index (χ2v) is 17.5. The molecule has 13 nitrogen and oxygen atoms in total. The number of carbonyl (C=O) groups excluding carboxylic acids is 3. The Kier molecular flexibility index (Phi) is 11.4. The van der Waals surface area contributed by atoms with Gasteiger partial charge in [0.1, 0.15) is 41.1 Å². The van der Waals surface area contributed by atoms with Crippen LogP contribution >= 0.6 is 7.60 Å². The molecule has 2 heterocycles. The third-order valence-electron chi connectivity index (χ3n) is 10.6. The fourth-order valence-electron chi connectivity index (χ4n) is 7.52. The fraction of sp³-hybridized carbons (Fsp3) is 0.500. The molecular weight excluding hydrogens is 711 g/mol. The molecule has 1 aliphatic heterocycles. The predicted molar refractivity (Wildman–Crippen MR) is 204 cm³/mol. The second-order valence-electron chi connectivity index (χ2n) is 15.4. The van der Waals surface area contributed by atoms with Crippen molar-refractivity contribution in [2.75, 3.05) is 20.3 Å². The Bertz CT molecular complexity index is 1930. The van der Waals surface area contributed by atoms with Gasteiger partial charge in [0.2, 0.25) is 11.8 Å². The molecule has 14 heteroatoms. The SMILES string of the molecule is C=C[C@@H]1C[C@]1(NC(=O)[C@@H]1CC(Oc2cc(-c3ccccc3)nc3cc(OC)ccc23)CN1C(=O)[C@@H](NC(=O)OC1CCCC1)C(C)(C)C)P(=O)(O)OCC. The largest absolute Gasteiger partial charge is 0.497 e. The van der Waals surface area contributed by atoms with Crippen LogP contribution in [0.1, 0.15) is 66.2 Å². The molecule has 2 aromatic carbocycles. The molecule has 3 N–H and O–H groups in total. The summed E-state index contributed by atoms with van der Waals surface area (Å²) in [6, 6.07) is 14.8. The molecule has 0 spiro atoms. The summed E-state index contributed by atoms with van der Waals surface area (Å²) < 4.78 is 36.6. The van der Waals surface area contributed by atoms with Crippen LogP contribution in [-0.2, 0) is 23.4 Å². The lowest BCUT2D eigenvalue weighted by Gasteiger charge is -2.35. The number of rotatable bonds is 13. The summed E-state index contributed by atoms with van der Waals surface area (Å²) in [5, 5.41) is 4.74. The summed E-state index contributed by atoms with van der Waals surface area (Å²) in [5.74, 6) is -0.538. The zero-order valence-electron chi connectivity index (χ0n) is 31.6. The number of aromatic nitrogens is 1. The third kappa shape index (κ3) is 8.13. The van der Waals surface area contributed by atoms with Gasteiger partial charge in [0.05, 0.1) is 31.5 Å². The molecular formula is C40H51N4O9P. The van der Waals surface area contributed by atoms with Gasteiger partial charge < -0.3 is 39.2 Å². The van der Waals surface area contributed by atoms with Crippen molar-refractivity contribution in [1.29, 1.82) is 0 Å². The molecule has 3 amide bonds. The summed E-state index contributed by atoms with van der Waals surface area (Å²) in [6.07, 6.45) is 3.60. The summed E-state index contributed by atoms with van der Waals surface area (Å²) in [5.41, 5.74) is 1.37. The van der Waals surface area contributed by atoms with Crippen LogP contribution in [0.2, 0.25) is 0 Å². The Morgan fingerprint density at radius 3 is 2.46 bits per heavy atom. The first-order chi connectivity index (χ1) is 25.7. The second kappa shape index (κ2) is 15.7. The van der Waals surface area contributed by atoms with E-state index in [1.165, 1.54) is 11.0 Å². The highest BCUT2D eigenvalue weighted by Gasteiger charge is 2.67. The number of pyridine rings is 1. The van der Waals surface area contributed by atoms with E-state index in [4.69, 9.17) is 23.7 Å². The van der Waals surface area contributed by atoms with Crippen LogP contribution in [0.25, 0.3) is 22.2 Å². The molecule has 6 atom stereocenters. The van der Waals surface area contributed by atoms with E-state index in [1.807, 2.05) is 69.3 Å². The van der Waals surface area contributed by atoms with E-state index in [0.29, 0.717) is 28.1 Å². The van der Waals surface area contributed by atoms with Crippen LogP contribution in [0.15, 0.2) is 67.3 Å². The average molecular weight is 763 g/mol. The Morgan fingerprint density at radius 1 is 1.11 bits per heavy atom. The van der Waals surface area contributed by atoms with E-state index >= 15 is 0 Å². The van der Waals surface area contributed by atoms with Gasteiger partial charge >= 0.3 is 13.7 Å². The predicted octanol–water partition coefficient (Wildman–Crippen LogP) is 6.58. The first-order valence-electron chi connectivity index (χ1n) is 18.6. The van der Waals surface area contributed by atoms with Gasteiger partial charge in [-0.25, -0.2) is 9.78 Å². The number of hydrogen-bond acceptors (Lipinski definition) is 9. The first kappa shape index (κ1) is 39.2. The Hall–Kier alpha value is -4.45. The molecule has 54 heavy (non-hydrogen) atoms. The zero-order chi connectivity index (χ0) is 38.8. The number of methoxy groups -OCH3 is 1. The molecule has 3 aliphatic rings. The smallest absolute Gasteiger partial charge is 0.408 e. The van der Waals surface area contributed by atoms with Crippen molar-refractivity contribution in [2.45, 2.75) is 95.8 Å². The maximum absolute atomic E-state index is 14.7. The van der Waals surface area contributed by atoms with Gasteiger partial charge in [-0.15, -0.1) is 6.58 Å². The quantitative estimate of drug-likeness (QED) is 0.128. The number of hydrogen-bond donors (Lipinski definition) is 3. The van der Waals surface area contributed by atoms with Gasteiger partial charge in [-0.2, -0.15) is 0 Å². The molecule has 6 rings (SSSR count). The highest BCUT2D eigenvalue weighted by atomic mass is 31.2. The lowest BCUT2D eigenvalue weighted by atomic mass is 9.85. The third-order valence-corrected chi connectivity index (χ3v) is 12.8. The number of carbonyl (C=O) groups is 3. The number of amides is 3. The van der Waals surface area contributed by atoms with Gasteiger partial charge in [0.15, 0.2) is 0 Å². The van der Waals surface area contributed by atoms with Crippen molar-refractivity contribution in [1.82, 2.24) is 20.5 Å². The van der Waals surface area contributed by atoms with Crippen molar-refractivity contribution in [3.05, 3.63) is 67.3 Å². The van der Waals surface area contributed by atoms with Crippen LogP contribution in [0.5, 0.6) is 11.5 Å². The van der Waals surface area contributed by atoms with Crippen LogP contribution in [0, 0.1) is 11.3 Å². The van der Waals surface area contributed by atoms with Crippen molar-refractivity contribution in [3.63, 3.8) is 0 Å². The standard InChI is InChI=1S/C40H51N4O9P/c1-7-26-23-40(26,54(48,49)51-8-2)43-36(45)33-21-29(24-44(33)37(46)35(39(3,4)5)42-38(47)53-27-16-12-13-17-27)52-34-22-31(25-14-10-9-11-15-25)41-32-20-28(50-6)18-19-30(32)34/h7,9-11,14-15,18-20,22,26-27,29,33,35H,1,8,12-13,16-17,21,23-24H2,2-6H3,(H,42,47)(H,43,45)(H,48,49)/t26-,29?,33+,35-,40+/m1/s1. The number of nitrogens with zero attached hydrogens (tertiary/aromatic N) is 2. The molecule has 3 aromatic rings. The maximum atomic E-state index is 14.7. The molecule has 2 aliphatic carbocycles. The van der Waals surface area contributed by atoms with E-state index in [1.54, 1.807) is 20.1 Å². The number of likely N-dealkylation sites (tertiary alicyclic amines) is 1. The zero-order valence-corrected chi connectivity index (χ0v) is 32.5. The van der Waals surface area contributed by atoms with Gasteiger partial charge in [-0.05, 0) is 56.6 Å². The summed E-state index contributed by atoms with van der Waals surface area (Å²) >= 11 is 0. The number of ether oxygens (including phenoxy) is 3. The minimum atomic E-state index is -4.34. The summed E-state index contributed by atoms with van der Waals surface area (Å²) in [4.78, 5) is 59.4. The average Bonchev–Trinajstić information content (AvgIpc) is 3.41. The maximum Gasteiger partial charge on any atom is 0.408 e. The minimum absolute atomic E-state index is 0.0103. The fourth-order valence-corrected chi connectivity index (χ4v) is 9.30. The Balaban J connectivity index is 1.34.